The van der Waals surface area contributed by atoms with Crippen LogP contribution in [-0.2, 0) is 6.54 Å². The third kappa shape index (κ3) is 3.01. The molecule has 0 saturated carbocycles. The number of fused-ring (bicyclic) bond motifs is 2. The zero-order valence-electron chi connectivity index (χ0n) is 15.8. The minimum absolute atomic E-state index is 0.126. The minimum atomic E-state index is -0.353. The molecule has 11 heteroatoms. The number of nitrogens with one attached hydrogen (secondary N) is 1. The lowest BCUT2D eigenvalue weighted by molar-refractivity contribution is 0.0953. The molecule has 0 unspecified atom stereocenters. The van der Waals surface area contributed by atoms with E-state index in [-0.39, 0.29) is 23.8 Å². The first-order valence-electron chi connectivity index (χ1n) is 9.50. The molecule has 0 bridgehead atoms. The van der Waals surface area contributed by atoms with Gasteiger partial charge in [-0.25, -0.2) is 14.5 Å². The van der Waals surface area contributed by atoms with Gasteiger partial charge in [0.15, 0.2) is 16.6 Å². The molecule has 4 aromatic heterocycles. The fourth-order valence-electron chi connectivity index (χ4n) is 3.94. The largest absolute Gasteiger partial charge is 0.381 e. The van der Waals surface area contributed by atoms with Gasteiger partial charge < -0.3 is 16.0 Å². The van der Waals surface area contributed by atoms with Crippen molar-refractivity contribution in [2.75, 3.05) is 23.7 Å². The number of nitrogens with two attached hydrogens (primary N) is 1. The lowest BCUT2D eigenvalue weighted by atomic mass is 10.2. The number of nitrogens with zero attached hydrogens (tertiary/aromatic N) is 6. The van der Waals surface area contributed by atoms with Gasteiger partial charge in [0.25, 0.3) is 5.91 Å². The van der Waals surface area contributed by atoms with Gasteiger partial charge in [-0.15, -0.1) is 5.10 Å². The third-order valence-corrected chi connectivity index (χ3v) is 5.82. The van der Waals surface area contributed by atoms with Crippen molar-refractivity contribution in [1.82, 2.24) is 29.3 Å². The Labute approximate surface area is 181 Å². The first kappa shape index (κ1) is 19.0. The molecule has 154 valence electrons. The smallest absolute Gasteiger partial charge is 0.259 e. The van der Waals surface area contributed by atoms with Crippen molar-refractivity contribution in [3.63, 3.8) is 0 Å². The highest BCUT2D eigenvalue weighted by Gasteiger charge is 2.24. The molecule has 0 atom stereocenters. The number of pyridine rings is 1. The molecule has 1 amide bonds. The summed E-state index contributed by atoms with van der Waals surface area (Å²) in [6.07, 6.45) is 7.15. The van der Waals surface area contributed by atoms with Crippen LogP contribution in [0.1, 0.15) is 28.8 Å². The Morgan fingerprint density at radius 3 is 2.83 bits per heavy atom. The maximum atomic E-state index is 12.9. The second kappa shape index (κ2) is 7.33. The van der Waals surface area contributed by atoms with Crippen molar-refractivity contribution in [3.8, 4) is 0 Å². The topological polar surface area (TPSA) is 106 Å². The Balaban J connectivity index is 1.51. The quantitative estimate of drug-likeness (QED) is 0.501. The Morgan fingerprint density at radius 1 is 1.23 bits per heavy atom. The molecule has 5 rings (SSSR count). The van der Waals surface area contributed by atoms with Crippen LogP contribution in [-0.4, -0.2) is 43.0 Å². The molecule has 0 radical (unpaired) electrons. The molecule has 1 aliphatic heterocycles. The Bertz CT molecular complexity index is 1270. The number of anilines is 2. The van der Waals surface area contributed by atoms with Gasteiger partial charge in [-0.05, 0) is 25.0 Å². The molecule has 0 aromatic carbocycles. The van der Waals surface area contributed by atoms with E-state index in [1.807, 2.05) is 10.5 Å². The molecule has 0 spiro atoms. The van der Waals surface area contributed by atoms with Crippen molar-refractivity contribution in [2.24, 2.45) is 0 Å². The summed E-state index contributed by atoms with van der Waals surface area (Å²) in [5, 5.41) is 7.90. The number of carbonyl (C=O) groups excluding carboxylic acids is 1. The Kier molecular flexibility index (Phi) is 4.63. The van der Waals surface area contributed by atoms with Crippen LogP contribution in [0.25, 0.3) is 11.2 Å². The van der Waals surface area contributed by atoms with Crippen LogP contribution in [0.3, 0.4) is 0 Å². The number of aromatic nitrogens is 5. The Hall–Kier alpha value is -3.04. The van der Waals surface area contributed by atoms with Crippen molar-refractivity contribution in [2.45, 2.75) is 19.4 Å². The van der Waals surface area contributed by atoms with Crippen LogP contribution in [0.15, 0.2) is 30.9 Å². The molecular formula is C19H18Cl2N8O. The SMILES string of the molecule is Nc1nn2cccnc2c1C(=O)NCc1cc(Cl)c2c(Cl)ncn2c1N1CCCC1. The highest BCUT2D eigenvalue weighted by Crippen LogP contribution is 2.34. The molecule has 0 aliphatic carbocycles. The summed E-state index contributed by atoms with van der Waals surface area (Å²) >= 11 is 12.7. The van der Waals surface area contributed by atoms with Gasteiger partial charge in [0, 0.05) is 37.6 Å². The number of amides is 1. The first-order valence-corrected chi connectivity index (χ1v) is 10.3. The molecule has 9 nitrogen and oxygen atoms in total. The molecule has 4 aromatic rings. The number of carbonyl (C=O) groups is 1. The summed E-state index contributed by atoms with van der Waals surface area (Å²) in [5.74, 6) is 0.701. The highest BCUT2D eigenvalue weighted by atomic mass is 35.5. The highest BCUT2D eigenvalue weighted by molar-refractivity contribution is 6.39. The second-order valence-corrected chi connectivity index (χ2v) is 7.89. The van der Waals surface area contributed by atoms with E-state index in [4.69, 9.17) is 28.9 Å². The van der Waals surface area contributed by atoms with E-state index in [0.29, 0.717) is 21.3 Å². The van der Waals surface area contributed by atoms with E-state index in [1.165, 1.54) is 4.52 Å². The fraction of sp³-hybridized carbons (Fsp3) is 0.263. The molecule has 30 heavy (non-hydrogen) atoms. The molecular weight excluding hydrogens is 427 g/mol. The summed E-state index contributed by atoms with van der Waals surface area (Å²) in [7, 11) is 0. The van der Waals surface area contributed by atoms with Gasteiger partial charge in [0.2, 0.25) is 0 Å². The number of imidazole rings is 1. The van der Waals surface area contributed by atoms with Crippen molar-refractivity contribution >= 4 is 51.9 Å². The van der Waals surface area contributed by atoms with E-state index < -0.39 is 0 Å². The third-order valence-electron chi connectivity index (χ3n) is 5.26. The molecule has 1 saturated heterocycles. The van der Waals surface area contributed by atoms with Gasteiger partial charge in [0.05, 0.1) is 5.02 Å². The zero-order valence-corrected chi connectivity index (χ0v) is 17.4. The lowest BCUT2D eigenvalue weighted by Gasteiger charge is -2.23. The van der Waals surface area contributed by atoms with E-state index in [2.05, 4.69) is 25.3 Å². The van der Waals surface area contributed by atoms with E-state index >= 15 is 0 Å². The van der Waals surface area contributed by atoms with Gasteiger partial charge in [0.1, 0.15) is 23.2 Å². The average molecular weight is 445 g/mol. The monoisotopic (exact) mass is 444 g/mol. The summed E-state index contributed by atoms with van der Waals surface area (Å²) in [5.41, 5.74) is 8.14. The van der Waals surface area contributed by atoms with Crippen LogP contribution in [0.4, 0.5) is 11.6 Å². The number of hydrogen-bond acceptors (Lipinski definition) is 6. The van der Waals surface area contributed by atoms with Crippen LogP contribution in [0.5, 0.6) is 0 Å². The van der Waals surface area contributed by atoms with E-state index in [9.17, 15) is 4.79 Å². The predicted molar refractivity (Wildman–Crippen MR) is 115 cm³/mol. The van der Waals surface area contributed by atoms with Gasteiger partial charge >= 0.3 is 0 Å². The van der Waals surface area contributed by atoms with E-state index in [1.54, 1.807) is 24.8 Å². The average Bonchev–Trinajstić information content (AvgIpc) is 3.45. The van der Waals surface area contributed by atoms with Crippen LogP contribution >= 0.6 is 23.2 Å². The van der Waals surface area contributed by atoms with Crippen molar-refractivity contribution < 1.29 is 4.79 Å². The first-order chi connectivity index (χ1) is 14.5. The molecule has 3 N–H and O–H groups in total. The maximum Gasteiger partial charge on any atom is 0.259 e. The van der Waals surface area contributed by atoms with Crippen LogP contribution in [0, 0.1) is 0 Å². The van der Waals surface area contributed by atoms with Gasteiger partial charge in [-0.1, -0.05) is 23.2 Å². The number of hydrogen-bond donors (Lipinski definition) is 2. The normalized spacial score (nSPS) is 14.1. The molecule has 5 heterocycles. The number of halogens is 2. The summed E-state index contributed by atoms with van der Waals surface area (Å²) < 4.78 is 3.37. The zero-order chi connectivity index (χ0) is 20.8. The standard InChI is InChI=1S/C19H18Cl2N8O/c20-12-8-11(19(27-5-1-2-6-27)28-10-25-15(21)14(12)28)9-24-18(30)13-16(22)26-29-7-3-4-23-17(13)29/h3-4,7-8,10H,1-2,5-6,9H2,(H2,22,26)(H,24,30). The second-order valence-electron chi connectivity index (χ2n) is 7.12. The van der Waals surface area contributed by atoms with Crippen molar-refractivity contribution in [1.29, 1.82) is 0 Å². The summed E-state index contributed by atoms with van der Waals surface area (Å²) in [6.45, 7) is 2.08. The maximum absolute atomic E-state index is 12.9. The fourth-order valence-corrected chi connectivity index (χ4v) is 4.54. The lowest BCUT2D eigenvalue weighted by Crippen LogP contribution is -2.27. The molecule has 1 fully saturated rings. The summed E-state index contributed by atoms with van der Waals surface area (Å²) in [6, 6.07) is 3.55. The summed E-state index contributed by atoms with van der Waals surface area (Å²) in [4.78, 5) is 23.6. The Morgan fingerprint density at radius 2 is 2.03 bits per heavy atom. The number of rotatable bonds is 4. The number of nitrogen functional groups attached to an aromatic ring is 1. The van der Waals surface area contributed by atoms with E-state index in [0.717, 1.165) is 37.3 Å². The predicted octanol–water partition coefficient (Wildman–Crippen LogP) is 2.80. The minimum Gasteiger partial charge on any atom is -0.381 e. The van der Waals surface area contributed by atoms with Crippen LogP contribution < -0.4 is 16.0 Å². The van der Waals surface area contributed by atoms with Gasteiger partial charge in [-0.3, -0.25) is 9.20 Å². The van der Waals surface area contributed by atoms with Crippen LogP contribution in [0.2, 0.25) is 10.2 Å². The van der Waals surface area contributed by atoms with Gasteiger partial charge in [-0.2, -0.15) is 0 Å². The van der Waals surface area contributed by atoms with Crippen molar-refractivity contribution in [3.05, 3.63) is 52.2 Å². The molecule has 1 aliphatic rings.